The minimum atomic E-state index is -3.25. The number of hydrogen-bond acceptors (Lipinski definition) is 7. The highest BCUT2D eigenvalue weighted by molar-refractivity contribution is 7.88. The smallest absolute Gasteiger partial charge is 0.309 e. The van der Waals surface area contributed by atoms with Gasteiger partial charge in [0.1, 0.15) is 17.3 Å². The zero-order chi connectivity index (χ0) is 23.0. The molecular formula is C22H25N3O5S2. The number of rotatable bonds is 5. The maximum absolute atomic E-state index is 12.9. The van der Waals surface area contributed by atoms with E-state index in [1.54, 1.807) is 0 Å². The Balaban J connectivity index is 1.49. The lowest BCUT2D eigenvalue weighted by molar-refractivity contribution is -0.151. The van der Waals surface area contributed by atoms with Gasteiger partial charge in [0, 0.05) is 23.5 Å². The van der Waals surface area contributed by atoms with Crippen LogP contribution >= 0.6 is 11.3 Å². The fourth-order valence-corrected chi connectivity index (χ4v) is 5.92. The minimum absolute atomic E-state index is 0.132. The first-order chi connectivity index (χ1) is 15.1. The highest BCUT2D eigenvalue weighted by Crippen LogP contribution is 2.35. The highest BCUT2D eigenvalue weighted by atomic mass is 32.2. The summed E-state index contributed by atoms with van der Waals surface area (Å²) >= 11 is 1.44. The second-order valence-electron chi connectivity index (χ2n) is 8.14. The van der Waals surface area contributed by atoms with Crippen molar-refractivity contribution in [3.63, 3.8) is 0 Å². The van der Waals surface area contributed by atoms with Gasteiger partial charge in [0.2, 0.25) is 10.0 Å². The molecule has 0 spiro atoms. The zero-order valence-electron chi connectivity index (χ0n) is 18.2. The molecule has 4 rings (SSSR count). The molecule has 3 aromatic rings. The van der Waals surface area contributed by atoms with Gasteiger partial charge in [0.25, 0.3) is 5.56 Å². The number of carbonyl (C=O) groups excluding carboxylic acids is 1. The summed E-state index contributed by atoms with van der Waals surface area (Å²) in [5, 5.41) is 0.541. The number of aromatic nitrogens is 2. The first kappa shape index (κ1) is 22.6. The maximum atomic E-state index is 12.9. The van der Waals surface area contributed by atoms with Crippen molar-refractivity contribution in [2.45, 2.75) is 33.3 Å². The predicted octanol–water partition coefficient (Wildman–Crippen LogP) is 2.98. The summed E-state index contributed by atoms with van der Waals surface area (Å²) in [6.07, 6.45) is 2.00. The standard InChI is InChI=1S/C22H25N3O5S2/c1-13-4-6-15(7-5-13)18-14(2)31-21-19(18)20(26)23-17(24-21)12-30-22(27)16-8-10-25(11-9-16)32(3,28)29/h4-7,16H,8-12H2,1-3H3,(H,23,24,26). The number of thiophene rings is 1. The Morgan fingerprint density at radius 1 is 1.22 bits per heavy atom. The van der Waals surface area contributed by atoms with Crippen LogP contribution < -0.4 is 5.56 Å². The van der Waals surface area contributed by atoms with Crippen LogP contribution in [-0.2, 0) is 26.2 Å². The summed E-state index contributed by atoms with van der Waals surface area (Å²) in [5.41, 5.74) is 2.72. The third-order valence-electron chi connectivity index (χ3n) is 5.73. The van der Waals surface area contributed by atoms with Gasteiger partial charge < -0.3 is 9.72 Å². The Morgan fingerprint density at radius 2 is 1.88 bits per heavy atom. The van der Waals surface area contributed by atoms with Crippen LogP contribution in [0.1, 0.15) is 29.1 Å². The van der Waals surface area contributed by atoms with Crippen molar-refractivity contribution in [2.24, 2.45) is 5.92 Å². The molecule has 1 aromatic carbocycles. The van der Waals surface area contributed by atoms with Crippen LogP contribution in [0.5, 0.6) is 0 Å². The average Bonchev–Trinajstić information content (AvgIpc) is 3.08. The van der Waals surface area contributed by atoms with E-state index >= 15 is 0 Å². The van der Waals surface area contributed by atoms with E-state index in [-0.39, 0.29) is 18.1 Å². The number of nitrogens with one attached hydrogen (secondary N) is 1. The molecule has 170 valence electrons. The Hall–Kier alpha value is -2.56. The maximum Gasteiger partial charge on any atom is 0.309 e. The fraction of sp³-hybridized carbons (Fsp3) is 0.409. The van der Waals surface area contributed by atoms with Crippen LogP contribution in [0.25, 0.3) is 21.3 Å². The van der Waals surface area contributed by atoms with Crippen LogP contribution in [0, 0.1) is 19.8 Å². The number of carbonyl (C=O) groups is 1. The number of piperidine rings is 1. The summed E-state index contributed by atoms with van der Waals surface area (Å²) in [6.45, 7) is 4.45. The van der Waals surface area contributed by atoms with Gasteiger partial charge in [-0.05, 0) is 32.3 Å². The molecule has 1 fully saturated rings. The molecule has 0 amide bonds. The van der Waals surface area contributed by atoms with Crippen molar-refractivity contribution < 1.29 is 17.9 Å². The molecule has 10 heteroatoms. The van der Waals surface area contributed by atoms with Gasteiger partial charge in [-0.15, -0.1) is 11.3 Å². The first-order valence-corrected chi connectivity index (χ1v) is 13.0. The van der Waals surface area contributed by atoms with E-state index in [1.807, 2.05) is 38.1 Å². The molecule has 2 aromatic heterocycles. The first-order valence-electron chi connectivity index (χ1n) is 10.3. The molecule has 0 atom stereocenters. The molecule has 8 nitrogen and oxygen atoms in total. The number of nitrogens with zero attached hydrogens (tertiary/aromatic N) is 2. The largest absolute Gasteiger partial charge is 0.457 e. The molecule has 32 heavy (non-hydrogen) atoms. The Kier molecular flexibility index (Phi) is 6.19. The number of aryl methyl sites for hydroxylation is 2. The summed E-state index contributed by atoms with van der Waals surface area (Å²) < 4.78 is 30.0. The molecule has 1 aliphatic rings. The molecule has 0 aliphatic carbocycles. The number of benzene rings is 1. The van der Waals surface area contributed by atoms with Crippen LogP contribution in [0.15, 0.2) is 29.1 Å². The second kappa shape index (κ2) is 8.76. The van der Waals surface area contributed by atoms with Crippen molar-refractivity contribution in [2.75, 3.05) is 19.3 Å². The van der Waals surface area contributed by atoms with E-state index in [9.17, 15) is 18.0 Å². The minimum Gasteiger partial charge on any atom is -0.457 e. The molecule has 1 N–H and O–H groups in total. The number of aromatic amines is 1. The summed E-state index contributed by atoms with van der Waals surface area (Å²) in [7, 11) is -3.25. The van der Waals surface area contributed by atoms with Gasteiger partial charge in [0.05, 0.1) is 17.6 Å². The van der Waals surface area contributed by atoms with Crippen LogP contribution in [0.3, 0.4) is 0 Å². The number of ether oxygens (including phenoxy) is 1. The van der Waals surface area contributed by atoms with Gasteiger partial charge in [-0.3, -0.25) is 9.59 Å². The van der Waals surface area contributed by atoms with Crippen molar-refractivity contribution in [3.8, 4) is 11.1 Å². The third-order valence-corrected chi connectivity index (χ3v) is 8.04. The van der Waals surface area contributed by atoms with E-state index in [1.165, 1.54) is 21.9 Å². The third kappa shape index (κ3) is 4.62. The normalized spacial score (nSPS) is 15.8. The molecule has 0 unspecified atom stereocenters. The Morgan fingerprint density at radius 3 is 2.50 bits per heavy atom. The highest BCUT2D eigenvalue weighted by Gasteiger charge is 2.30. The van der Waals surface area contributed by atoms with Gasteiger partial charge in [0.15, 0.2) is 0 Å². The Bertz CT molecular complexity index is 1320. The number of H-pyrrole nitrogens is 1. The van der Waals surface area contributed by atoms with Crippen LogP contribution in [0.4, 0.5) is 0 Å². The van der Waals surface area contributed by atoms with Crippen LogP contribution in [-0.4, -0.2) is 48.0 Å². The Labute approximate surface area is 190 Å². The van der Waals surface area contributed by atoms with Gasteiger partial charge in [-0.25, -0.2) is 17.7 Å². The van der Waals surface area contributed by atoms with E-state index < -0.39 is 16.0 Å². The van der Waals surface area contributed by atoms with E-state index in [2.05, 4.69) is 9.97 Å². The van der Waals surface area contributed by atoms with Gasteiger partial charge >= 0.3 is 5.97 Å². The SMILES string of the molecule is Cc1ccc(-c2c(C)sc3nc(COC(=O)C4CCN(S(C)(=O)=O)CC4)[nH]c(=O)c23)cc1. The van der Waals surface area contributed by atoms with Crippen molar-refractivity contribution in [1.29, 1.82) is 0 Å². The summed E-state index contributed by atoms with van der Waals surface area (Å²) in [4.78, 5) is 34.2. The second-order valence-corrected chi connectivity index (χ2v) is 11.3. The predicted molar refractivity (Wildman–Crippen MR) is 124 cm³/mol. The van der Waals surface area contributed by atoms with Gasteiger partial charge in [-0.2, -0.15) is 0 Å². The van der Waals surface area contributed by atoms with E-state index in [4.69, 9.17) is 4.74 Å². The molecule has 0 saturated carbocycles. The average molecular weight is 476 g/mol. The topological polar surface area (TPSA) is 109 Å². The van der Waals surface area contributed by atoms with Gasteiger partial charge in [-0.1, -0.05) is 29.8 Å². The van der Waals surface area contributed by atoms with E-state index in [0.29, 0.717) is 42.0 Å². The quantitative estimate of drug-likeness (QED) is 0.568. The van der Waals surface area contributed by atoms with Crippen LogP contribution in [0.2, 0.25) is 0 Å². The number of fused-ring (bicyclic) bond motifs is 1. The van der Waals surface area contributed by atoms with E-state index in [0.717, 1.165) is 21.6 Å². The molecule has 3 heterocycles. The molecule has 0 bridgehead atoms. The number of esters is 1. The number of hydrogen-bond donors (Lipinski definition) is 1. The van der Waals surface area contributed by atoms with Crippen molar-refractivity contribution >= 4 is 37.5 Å². The van der Waals surface area contributed by atoms with Crippen molar-refractivity contribution in [1.82, 2.24) is 14.3 Å². The molecule has 1 saturated heterocycles. The molecule has 1 aliphatic heterocycles. The molecule has 0 radical (unpaired) electrons. The summed E-state index contributed by atoms with van der Waals surface area (Å²) in [6, 6.07) is 8.00. The molecular weight excluding hydrogens is 450 g/mol. The zero-order valence-corrected chi connectivity index (χ0v) is 19.8. The lowest BCUT2D eigenvalue weighted by atomic mass is 9.98. The lowest BCUT2D eigenvalue weighted by Crippen LogP contribution is -2.40. The number of sulfonamides is 1. The monoisotopic (exact) mass is 475 g/mol. The summed E-state index contributed by atoms with van der Waals surface area (Å²) in [5.74, 6) is -0.467. The van der Waals surface area contributed by atoms with Crippen molar-refractivity contribution in [3.05, 3.63) is 50.9 Å². The fourth-order valence-electron chi connectivity index (χ4n) is 3.98. The lowest BCUT2D eigenvalue weighted by Gasteiger charge is -2.28.